The summed E-state index contributed by atoms with van der Waals surface area (Å²) in [6, 6.07) is 14.3. The second-order valence-electron chi connectivity index (χ2n) is 8.12. The second kappa shape index (κ2) is 7.88. The summed E-state index contributed by atoms with van der Waals surface area (Å²) < 4.78 is 5.44. The van der Waals surface area contributed by atoms with Gasteiger partial charge in [-0.25, -0.2) is 0 Å². The predicted molar refractivity (Wildman–Crippen MR) is 116 cm³/mol. The molecular formula is C23H28ClN3O2. The quantitative estimate of drug-likeness (QED) is 0.730. The highest BCUT2D eigenvalue weighted by molar-refractivity contribution is 6.33. The van der Waals surface area contributed by atoms with E-state index in [-0.39, 0.29) is 11.6 Å². The van der Waals surface area contributed by atoms with Crippen molar-refractivity contribution in [1.29, 1.82) is 0 Å². The number of nitrogen functional groups attached to an aromatic ring is 1. The number of amides is 1. The van der Waals surface area contributed by atoms with Gasteiger partial charge in [0.1, 0.15) is 5.75 Å². The van der Waals surface area contributed by atoms with Crippen LogP contribution >= 0.6 is 11.6 Å². The lowest BCUT2D eigenvalue weighted by Crippen LogP contribution is -2.60. The lowest BCUT2D eigenvalue weighted by atomic mass is 9.93. The number of carbonyl (C=O) groups is 1. The number of fused-ring (bicyclic) bond motifs is 2. The normalized spacial score (nSPS) is 23.8. The molecule has 2 N–H and O–H groups in total. The number of benzene rings is 2. The maximum absolute atomic E-state index is 13.6. The Morgan fingerprint density at radius 1 is 1.28 bits per heavy atom. The summed E-state index contributed by atoms with van der Waals surface area (Å²) in [5.74, 6) is 0.379. The first-order valence-corrected chi connectivity index (χ1v) is 10.6. The number of ether oxygens (including phenoxy) is 1. The molecular weight excluding hydrogens is 386 g/mol. The Kier molecular flexibility index (Phi) is 5.45. The maximum atomic E-state index is 13.6. The summed E-state index contributed by atoms with van der Waals surface area (Å²) >= 11 is 6.23. The Hall–Kier alpha value is -2.24. The zero-order valence-corrected chi connectivity index (χ0v) is 17.8. The van der Waals surface area contributed by atoms with Gasteiger partial charge >= 0.3 is 0 Å². The van der Waals surface area contributed by atoms with Gasteiger partial charge in [0.15, 0.2) is 0 Å². The molecule has 2 aliphatic rings. The van der Waals surface area contributed by atoms with Crippen LogP contribution in [0.4, 0.5) is 5.69 Å². The number of piperidine rings is 1. The van der Waals surface area contributed by atoms with Gasteiger partial charge in [-0.1, -0.05) is 41.9 Å². The number of methoxy groups -OCH3 is 1. The molecule has 2 bridgehead atoms. The van der Waals surface area contributed by atoms with Crippen LogP contribution in [0.3, 0.4) is 0 Å². The van der Waals surface area contributed by atoms with Crippen molar-refractivity contribution >= 4 is 23.2 Å². The van der Waals surface area contributed by atoms with Crippen LogP contribution in [0.5, 0.6) is 5.75 Å². The first kappa shape index (κ1) is 20.0. The average molecular weight is 414 g/mol. The first-order valence-electron chi connectivity index (χ1n) is 10.2. The molecule has 0 aliphatic carbocycles. The third-order valence-corrected chi connectivity index (χ3v) is 6.97. The molecule has 5 nitrogen and oxygen atoms in total. The van der Waals surface area contributed by atoms with E-state index in [1.807, 2.05) is 18.0 Å². The van der Waals surface area contributed by atoms with E-state index in [4.69, 9.17) is 22.1 Å². The lowest BCUT2D eigenvalue weighted by Gasteiger charge is -2.50. The van der Waals surface area contributed by atoms with Gasteiger partial charge in [0.2, 0.25) is 0 Å². The molecule has 0 saturated carbocycles. The summed E-state index contributed by atoms with van der Waals surface area (Å²) in [6.45, 7) is 0.850. The molecule has 1 amide bonds. The van der Waals surface area contributed by atoms with Crippen LogP contribution in [0.2, 0.25) is 5.02 Å². The number of nitrogens with two attached hydrogens (primary N) is 1. The van der Waals surface area contributed by atoms with Crippen molar-refractivity contribution in [2.75, 3.05) is 19.9 Å². The van der Waals surface area contributed by atoms with Crippen LogP contribution in [0, 0.1) is 0 Å². The molecule has 4 rings (SSSR count). The molecule has 0 aromatic heterocycles. The number of rotatable bonds is 5. The Labute approximate surface area is 177 Å². The highest BCUT2D eigenvalue weighted by Gasteiger charge is 2.52. The van der Waals surface area contributed by atoms with Crippen molar-refractivity contribution in [1.82, 2.24) is 9.80 Å². The summed E-state index contributed by atoms with van der Waals surface area (Å²) in [4.78, 5) is 18.0. The van der Waals surface area contributed by atoms with E-state index >= 15 is 0 Å². The standard InChI is InChI=1S/C23H28ClN3O2/c1-26(22(28)18-13-19(24)20(25)14-21(18)29-2)23-11-6-9-17(10-12-23)27(23)15-16-7-4-3-5-8-16/h3-5,7-8,13-14,17H,6,9-12,15,25H2,1-2H3. The van der Waals surface area contributed by atoms with E-state index in [1.54, 1.807) is 19.2 Å². The van der Waals surface area contributed by atoms with Gasteiger partial charge in [-0.15, -0.1) is 0 Å². The predicted octanol–water partition coefficient (Wildman–Crippen LogP) is 4.55. The van der Waals surface area contributed by atoms with Gasteiger partial charge in [-0.2, -0.15) is 0 Å². The number of anilines is 1. The van der Waals surface area contributed by atoms with Crippen LogP contribution in [-0.4, -0.2) is 41.6 Å². The van der Waals surface area contributed by atoms with Gasteiger partial charge < -0.3 is 15.4 Å². The van der Waals surface area contributed by atoms with Crippen molar-refractivity contribution in [2.24, 2.45) is 0 Å². The van der Waals surface area contributed by atoms with E-state index in [0.717, 1.165) is 32.2 Å². The van der Waals surface area contributed by atoms with E-state index < -0.39 is 0 Å². The molecule has 2 aromatic rings. The molecule has 2 saturated heterocycles. The minimum Gasteiger partial charge on any atom is -0.496 e. The molecule has 29 heavy (non-hydrogen) atoms. The van der Waals surface area contributed by atoms with Gasteiger partial charge in [0.05, 0.1) is 29.0 Å². The first-order chi connectivity index (χ1) is 14.0. The fraction of sp³-hybridized carbons (Fsp3) is 0.435. The Bertz CT molecular complexity index is 900. The highest BCUT2D eigenvalue weighted by atomic mass is 35.5. The number of halogens is 1. The fourth-order valence-electron chi connectivity index (χ4n) is 5.09. The summed E-state index contributed by atoms with van der Waals surface area (Å²) in [7, 11) is 3.46. The van der Waals surface area contributed by atoms with E-state index in [2.05, 4.69) is 29.2 Å². The van der Waals surface area contributed by atoms with E-state index in [0.29, 0.717) is 28.1 Å². The number of nitrogens with zero attached hydrogens (tertiary/aromatic N) is 2. The zero-order valence-electron chi connectivity index (χ0n) is 17.0. The van der Waals surface area contributed by atoms with Crippen molar-refractivity contribution in [3.8, 4) is 5.75 Å². The number of carbonyl (C=O) groups excluding carboxylic acids is 1. The molecule has 2 atom stereocenters. The molecule has 154 valence electrons. The number of hydrogen-bond donors (Lipinski definition) is 1. The summed E-state index contributed by atoms with van der Waals surface area (Å²) in [5.41, 5.74) is 7.76. The van der Waals surface area contributed by atoms with Crippen LogP contribution in [0.25, 0.3) is 0 Å². The van der Waals surface area contributed by atoms with Crippen LogP contribution in [0.15, 0.2) is 42.5 Å². The maximum Gasteiger partial charge on any atom is 0.258 e. The monoisotopic (exact) mass is 413 g/mol. The molecule has 0 spiro atoms. The molecule has 2 aliphatic heterocycles. The lowest BCUT2D eigenvalue weighted by molar-refractivity contribution is -0.0514. The van der Waals surface area contributed by atoms with Crippen molar-refractivity contribution in [3.63, 3.8) is 0 Å². The van der Waals surface area contributed by atoms with E-state index in [1.165, 1.54) is 12.0 Å². The highest BCUT2D eigenvalue weighted by Crippen LogP contribution is 2.47. The van der Waals surface area contributed by atoms with Gasteiger partial charge in [0.25, 0.3) is 5.91 Å². The van der Waals surface area contributed by atoms with E-state index in [9.17, 15) is 4.79 Å². The smallest absolute Gasteiger partial charge is 0.258 e. The molecule has 2 unspecified atom stereocenters. The molecule has 2 heterocycles. The van der Waals surface area contributed by atoms with Crippen LogP contribution < -0.4 is 10.5 Å². The van der Waals surface area contributed by atoms with Crippen molar-refractivity contribution in [2.45, 2.75) is 50.4 Å². The van der Waals surface area contributed by atoms with Gasteiger partial charge in [0, 0.05) is 25.7 Å². The topological polar surface area (TPSA) is 58.8 Å². The largest absolute Gasteiger partial charge is 0.496 e. The minimum absolute atomic E-state index is 0.0793. The molecule has 0 radical (unpaired) electrons. The summed E-state index contributed by atoms with van der Waals surface area (Å²) in [5, 5.41) is 0.370. The zero-order chi connectivity index (χ0) is 20.6. The van der Waals surface area contributed by atoms with Crippen molar-refractivity contribution < 1.29 is 9.53 Å². The fourth-order valence-corrected chi connectivity index (χ4v) is 5.25. The molecule has 6 heteroatoms. The summed E-state index contributed by atoms with van der Waals surface area (Å²) in [6.07, 6.45) is 5.40. The Morgan fingerprint density at radius 3 is 2.76 bits per heavy atom. The Morgan fingerprint density at radius 2 is 2.03 bits per heavy atom. The second-order valence-corrected chi connectivity index (χ2v) is 8.53. The van der Waals surface area contributed by atoms with Crippen LogP contribution in [0.1, 0.15) is 48.0 Å². The minimum atomic E-state index is -0.283. The van der Waals surface area contributed by atoms with Crippen LogP contribution in [-0.2, 0) is 6.54 Å². The number of hydrogen-bond acceptors (Lipinski definition) is 4. The molecule has 2 fully saturated rings. The molecule has 2 aromatic carbocycles. The van der Waals surface area contributed by atoms with Gasteiger partial charge in [-0.3, -0.25) is 9.69 Å². The average Bonchev–Trinajstić information content (AvgIpc) is 2.93. The third-order valence-electron chi connectivity index (χ3n) is 6.64. The Balaban J connectivity index is 1.68. The van der Waals surface area contributed by atoms with Gasteiger partial charge in [-0.05, 0) is 43.7 Å². The third kappa shape index (κ3) is 3.47. The van der Waals surface area contributed by atoms with Crippen molar-refractivity contribution in [3.05, 3.63) is 58.6 Å². The SMILES string of the molecule is COc1cc(N)c(Cl)cc1C(=O)N(C)C12CCCC(CC1)N2Cc1ccccc1.